The van der Waals surface area contributed by atoms with E-state index in [0.717, 1.165) is 31.1 Å². The van der Waals surface area contributed by atoms with Crippen molar-refractivity contribution in [3.8, 4) is 11.5 Å². The molecule has 1 fully saturated rings. The van der Waals surface area contributed by atoms with Crippen molar-refractivity contribution >= 4 is 0 Å². The van der Waals surface area contributed by atoms with Crippen LogP contribution < -0.4 is 14.8 Å². The summed E-state index contributed by atoms with van der Waals surface area (Å²) in [6.45, 7) is 5.78. The van der Waals surface area contributed by atoms with Gasteiger partial charge >= 0.3 is 0 Å². The highest BCUT2D eigenvalue weighted by Crippen LogP contribution is 2.30. The van der Waals surface area contributed by atoms with Gasteiger partial charge in [0.05, 0.1) is 13.7 Å². The zero-order valence-corrected chi connectivity index (χ0v) is 11.4. The van der Waals surface area contributed by atoms with Crippen molar-refractivity contribution in [2.45, 2.75) is 13.0 Å². The monoisotopic (exact) mass is 250 g/mol. The summed E-state index contributed by atoms with van der Waals surface area (Å²) in [5.74, 6) is 1.62. The number of likely N-dealkylation sites (N-methyl/N-ethyl adjacent to an activating group) is 1. The number of rotatable bonds is 4. The first kappa shape index (κ1) is 13.2. The van der Waals surface area contributed by atoms with E-state index in [4.69, 9.17) is 9.47 Å². The molecule has 0 aliphatic carbocycles. The number of methoxy groups -OCH3 is 1. The van der Waals surface area contributed by atoms with E-state index in [1.165, 1.54) is 5.56 Å². The summed E-state index contributed by atoms with van der Waals surface area (Å²) >= 11 is 0. The summed E-state index contributed by atoms with van der Waals surface area (Å²) in [7, 11) is 3.84. The van der Waals surface area contributed by atoms with E-state index in [2.05, 4.69) is 29.4 Å². The Labute approximate surface area is 109 Å². The smallest absolute Gasteiger partial charge is 0.161 e. The number of nitrogens with zero attached hydrogens (tertiary/aromatic N) is 1. The molecule has 0 saturated carbocycles. The predicted molar refractivity (Wildman–Crippen MR) is 72.4 cm³/mol. The van der Waals surface area contributed by atoms with Gasteiger partial charge in [0.25, 0.3) is 0 Å². The first-order chi connectivity index (χ1) is 8.74. The minimum Gasteiger partial charge on any atom is -0.493 e. The van der Waals surface area contributed by atoms with Crippen molar-refractivity contribution in [1.82, 2.24) is 10.2 Å². The van der Waals surface area contributed by atoms with Gasteiger partial charge in [0.1, 0.15) is 0 Å². The molecular formula is C14H22N2O2. The van der Waals surface area contributed by atoms with Gasteiger partial charge in [-0.25, -0.2) is 0 Å². The van der Waals surface area contributed by atoms with Gasteiger partial charge in [0.2, 0.25) is 0 Å². The van der Waals surface area contributed by atoms with E-state index >= 15 is 0 Å². The van der Waals surface area contributed by atoms with Gasteiger partial charge < -0.3 is 19.7 Å². The van der Waals surface area contributed by atoms with E-state index in [0.29, 0.717) is 12.6 Å². The van der Waals surface area contributed by atoms with Gasteiger partial charge in [-0.2, -0.15) is 0 Å². The van der Waals surface area contributed by atoms with Crippen LogP contribution in [0.2, 0.25) is 0 Å². The molecule has 1 aromatic carbocycles. The van der Waals surface area contributed by atoms with E-state index < -0.39 is 0 Å². The summed E-state index contributed by atoms with van der Waals surface area (Å²) < 4.78 is 10.9. The van der Waals surface area contributed by atoms with E-state index in [1.807, 2.05) is 13.0 Å². The maximum absolute atomic E-state index is 5.54. The predicted octanol–water partition coefficient (Wildman–Crippen LogP) is 1.67. The lowest BCUT2D eigenvalue weighted by molar-refractivity contribution is 0.240. The Kier molecular flexibility index (Phi) is 4.44. The molecule has 1 atom stereocenters. The molecule has 0 radical (unpaired) electrons. The van der Waals surface area contributed by atoms with E-state index in [9.17, 15) is 0 Å². The summed E-state index contributed by atoms with van der Waals surface area (Å²) in [5, 5.41) is 3.53. The third kappa shape index (κ3) is 2.94. The Balaban J connectivity index is 2.18. The van der Waals surface area contributed by atoms with E-state index in [-0.39, 0.29) is 0 Å². The van der Waals surface area contributed by atoms with Crippen molar-refractivity contribution in [2.75, 3.05) is 40.4 Å². The zero-order valence-electron chi connectivity index (χ0n) is 11.4. The molecule has 1 aliphatic rings. The Morgan fingerprint density at radius 1 is 1.39 bits per heavy atom. The highest BCUT2D eigenvalue weighted by Gasteiger charge is 2.19. The van der Waals surface area contributed by atoms with Crippen LogP contribution in [-0.4, -0.2) is 45.3 Å². The SMILES string of the molecule is CCOc1ccc(C2CN(C)CCN2)cc1OC. The highest BCUT2D eigenvalue weighted by atomic mass is 16.5. The summed E-state index contributed by atoms with van der Waals surface area (Å²) in [4.78, 5) is 2.34. The van der Waals surface area contributed by atoms with Gasteiger partial charge in [0, 0.05) is 25.7 Å². The fourth-order valence-electron chi connectivity index (χ4n) is 2.30. The fourth-order valence-corrected chi connectivity index (χ4v) is 2.30. The summed E-state index contributed by atoms with van der Waals surface area (Å²) in [6, 6.07) is 6.55. The third-order valence-corrected chi connectivity index (χ3v) is 3.27. The average molecular weight is 250 g/mol. The van der Waals surface area contributed by atoms with Crippen molar-refractivity contribution in [2.24, 2.45) is 0 Å². The highest BCUT2D eigenvalue weighted by molar-refractivity contribution is 5.44. The molecule has 0 bridgehead atoms. The van der Waals surface area contributed by atoms with Crippen LogP contribution in [0.15, 0.2) is 18.2 Å². The molecule has 1 heterocycles. The molecule has 100 valence electrons. The Morgan fingerprint density at radius 2 is 2.22 bits per heavy atom. The maximum Gasteiger partial charge on any atom is 0.161 e. The molecule has 2 rings (SSSR count). The second-order valence-electron chi connectivity index (χ2n) is 4.61. The van der Waals surface area contributed by atoms with Crippen LogP contribution in [0.25, 0.3) is 0 Å². The maximum atomic E-state index is 5.54. The van der Waals surface area contributed by atoms with Crippen LogP contribution in [-0.2, 0) is 0 Å². The number of ether oxygens (including phenoxy) is 2. The molecular weight excluding hydrogens is 228 g/mol. The molecule has 1 N–H and O–H groups in total. The number of nitrogens with one attached hydrogen (secondary N) is 1. The Morgan fingerprint density at radius 3 is 2.89 bits per heavy atom. The van der Waals surface area contributed by atoms with Crippen molar-refractivity contribution in [3.05, 3.63) is 23.8 Å². The molecule has 4 nitrogen and oxygen atoms in total. The molecule has 18 heavy (non-hydrogen) atoms. The third-order valence-electron chi connectivity index (χ3n) is 3.27. The minimum atomic E-state index is 0.369. The van der Waals surface area contributed by atoms with Gasteiger partial charge in [0.15, 0.2) is 11.5 Å². The Hall–Kier alpha value is -1.26. The lowest BCUT2D eigenvalue weighted by atomic mass is 10.0. The number of hydrogen-bond acceptors (Lipinski definition) is 4. The summed E-state index contributed by atoms with van der Waals surface area (Å²) in [5.41, 5.74) is 1.25. The second kappa shape index (κ2) is 6.07. The van der Waals surface area contributed by atoms with Crippen LogP contribution >= 0.6 is 0 Å². The molecule has 1 unspecified atom stereocenters. The first-order valence-corrected chi connectivity index (χ1v) is 6.47. The van der Waals surface area contributed by atoms with Crippen molar-refractivity contribution in [1.29, 1.82) is 0 Å². The molecule has 1 aromatic rings. The van der Waals surface area contributed by atoms with Crippen LogP contribution in [0.5, 0.6) is 11.5 Å². The number of hydrogen-bond donors (Lipinski definition) is 1. The lowest BCUT2D eigenvalue weighted by Gasteiger charge is -2.31. The van der Waals surface area contributed by atoms with Crippen LogP contribution in [0.1, 0.15) is 18.5 Å². The number of benzene rings is 1. The standard InChI is InChI=1S/C14H22N2O2/c1-4-18-13-6-5-11(9-14(13)17-3)12-10-16(2)8-7-15-12/h5-6,9,12,15H,4,7-8,10H2,1-3H3. The average Bonchev–Trinajstić information content (AvgIpc) is 2.39. The molecule has 0 spiro atoms. The van der Waals surface area contributed by atoms with Gasteiger partial charge in [-0.1, -0.05) is 6.07 Å². The number of piperazine rings is 1. The van der Waals surface area contributed by atoms with Crippen molar-refractivity contribution < 1.29 is 9.47 Å². The van der Waals surface area contributed by atoms with Crippen LogP contribution in [0, 0.1) is 0 Å². The topological polar surface area (TPSA) is 33.7 Å². The molecule has 4 heteroatoms. The second-order valence-corrected chi connectivity index (χ2v) is 4.61. The normalized spacial score (nSPS) is 20.7. The molecule has 1 saturated heterocycles. The Bertz CT molecular complexity index is 395. The van der Waals surface area contributed by atoms with Gasteiger partial charge in [-0.05, 0) is 31.7 Å². The van der Waals surface area contributed by atoms with Crippen molar-refractivity contribution in [3.63, 3.8) is 0 Å². The molecule has 0 amide bonds. The minimum absolute atomic E-state index is 0.369. The lowest BCUT2D eigenvalue weighted by Crippen LogP contribution is -2.43. The summed E-state index contributed by atoms with van der Waals surface area (Å²) in [6.07, 6.45) is 0. The fraction of sp³-hybridized carbons (Fsp3) is 0.571. The van der Waals surface area contributed by atoms with Crippen LogP contribution in [0.4, 0.5) is 0 Å². The first-order valence-electron chi connectivity index (χ1n) is 6.47. The molecule has 1 aliphatic heterocycles. The van der Waals surface area contributed by atoms with Crippen LogP contribution in [0.3, 0.4) is 0 Å². The zero-order chi connectivity index (χ0) is 13.0. The largest absolute Gasteiger partial charge is 0.493 e. The van der Waals surface area contributed by atoms with E-state index in [1.54, 1.807) is 7.11 Å². The molecule has 0 aromatic heterocycles. The van der Waals surface area contributed by atoms with Gasteiger partial charge in [-0.3, -0.25) is 0 Å². The quantitative estimate of drug-likeness (QED) is 0.881. The van der Waals surface area contributed by atoms with Gasteiger partial charge in [-0.15, -0.1) is 0 Å².